The highest BCUT2D eigenvalue weighted by molar-refractivity contribution is 5.44. The van der Waals surface area contributed by atoms with Gasteiger partial charge in [-0.05, 0) is 12.1 Å². The van der Waals surface area contributed by atoms with Crippen molar-refractivity contribution in [1.29, 1.82) is 0 Å². The number of nitrogens with one attached hydrogen (secondary N) is 1. The van der Waals surface area contributed by atoms with Crippen molar-refractivity contribution in [3.63, 3.8) is 0 Å². The summed E-state index contributed by atoms with van der Waals surface area (Å²) in [5.74, 6) is 0. The molecule has 1 aromatic rings. The summed E-state index contributed by atoms with van der Waals surface area (Å²) in [6.07, 6.45) is 0. The third-order valence-electron chi connectivity index (χ3n) is 1.74. The Kier molecular flexibility index (Phi) is 4.29. The summed E-state index contributed by atoms with van der Waals surface area (Å²) in [6, 6.07) is 9.97. The van der Waals surface area contributed by atoms with Crippen molar-refractivity contribution in [2.75, 3.05) is 24.7 Å². The number of anilines is 1. The monoisotopic (exact) mass is 180 g/mol. The van der Waals surface area contributed by atoms with E-state index in [4.69, 9.17) is 5.11 Å². The van der Waals surface area contributed by atoms with Crippen LogP contribution in [0.15, 0.2) is 30.3 Å². The maximum absolute atomic E-state index is 8.84. The molecule has 2 N–H and O–H groups in total. The van der Waals surface area contributed by atoms with E-state index < -0.39 is 0 Å². The molecular formula is C10H16N2O. The van der Waals surface area contributed by atoms with Crippen molar-refractivity contribution >= 4 is 5.69 Å². The van der Waals surface area contributed by atoms with Crippen LogP contribution in [0.2, 0.25) is 0 Å². The first-order valence-electron chi connectivity index (χ1n) is 4.55. The lowest BCUT2D eigenvalue weighted by atomic mass is 10.3. The number of para-hydroxylation sites is 1. The van der Waals surface area contributed by atoms with Crippen LogP contribution >= 0.6 is 0 Å². The Balaban J connectivity index is 2.64. The number of hydrogen-bond donors (Lipinski definition) is 2. The van der Waals surface area contributed by atoms with Crippen molar-refractivity contribution in [2.24, 2.45) is 0 Å². The number of hydrogen-bond acceptors (Lipinski definition) is 3. The van der Waals surface area contributed by atoms with Crippen LogP contribution in [0.4, 0.5) is 5.69 Å². The van der Waals surface area contributed by atoms with Gasteiger partial charge >= 0.3 is 0 Å². The summed E-state index contributed by atoms with van der Waals surface area (Å²) >= 11 is 0. The van der Waals surface area contributed by atoms with E-state index in [1.165, 1.54) is 0 Å². The maximum Gasteiger partial charge on any atom is 0.0622 e. The van der Waals surface area contributed by atoms with Crippen molar-refractivity contribution in [1.82, 2.24) is 5.43 Å². The Bertz CT molecular complexity index is 220. The molecule has 1 rings (SSSR count). The Morgan fingerprint density at radius 2 is 2.00 bits per heavy atom. The second-order valence-electron chi connectivity index (χ2n) is 2.72. The Morgan fingerprint density at radius 3 is 2.54 bits per heavy atom. The Morgan fingerprint density at radius 1 is 1.31 bits per heavy atom. The minimum Gasteiger partial charge on any atom is -0.394 e. The maximum atomic E-state index is 8.84. The van der Waals surface area contributed by atoms with Crippen molar-refractivity contribution in [3.8, 4) is 0 Å². The second kappa shape index (κ2) is 5.56. The van der Waals surface area contributed by atoms with Gasteiger partial charge in [-0.1, -0.05) is 25.1 Å². The van der Waals surface area contributed by atoms with E-state index in [1.54, 1.807) is 0 Å². The molecule has 3 nitrogen and oxygen atoms in total. The van der Waals surface area contributed by atoms with Crippen LogP contribution in [0.5, 0.6) is 0 Å². The molecule has 0 amide bonds. The molecule has 0 atom stereocenters. The summed E-state index contributed by atoms with van der Waals surface area (Å²) in [4.78, 5) is 0. The average molecular weight is 180 g/mol. The van der Waals surface area contributed by atoms with Crippen LogP contribution in [0.1, 0.15) is 6.92 Å². The topological polar surface area (TPSA) is 35.5 Å². The normalized spacial score (nSPS) is 10.0. The minimum absolute atomic E-state index is 0.155. The van der Waals surface area contributed by atoms with Gasteiger partial charge in [0.05, 0.1) is 18.8 Å². The van der Waals surface area contributed by atoms with Gasteiger partial charge in [-0.3, -0.25) is 0 Å². The van der Waals surface area contributed by atoms with E-state index in [2.05, 4.69) is 5.43 Å². The van der Waals surface area contributed by atoms with Crippen LogP contribution in [0.3, 0.4) is 0 Å². The summed E-state index contributed by atoms with van der Waals surface area (Å²) in [5, 5.41) is 10.8. The molecule has 0 fully saturated rings. The highest BCUT2D eigenvalue weighted by Gasteiger charge is 2.01. The molecule has 0 heterocycles. The second-order valence-corrected chi connectivity index (χ2v) is 2.72. The molecule has 0 unspecified atom stereocenters. The first kappa shape index (κ1) is 10.0. The highest BCUT2D eigenvalue weighted by atomic mass is 16.3. The summed E-state index contributed by atoms with van der Waals surface area (Å²) in [7, 11) is 0. The van der Waals surface area contributed by atoms with E-state index in [0.717, 1.165) is 12.2 Å². The zero-order chi connectivity index (χ0) is 9.52. The number of nitrogens with zero attached hydrogens (tertiary/aromatic N) is 1. The lowest BCUT2D eigenvalue weighted by molar-refractivity contribution is 0.297. The standard InChI is InChI=1S/C10H16N2O/c1-2-11-12(8-9-13)10-6-4-3-5-7-10/h3-7,11,13H,2,8-9H2,1H3. The molecule has 0 spiro atoms. The van der Waals surface area contributed by atoms with Crippen molar-refractivity contribution in [3.05, 3.63) is 30.3 Å². The van der Waals surface area contributed by atoms with E-state index in [-0.39, 0.29) is 6.61 Å². The SMILES string of the molecule is CCNN(CCO)c1ccccc1. The third-order valence-corrected chi connectivity index (χ3v) is 1.74. The van der Waals surface area contributed by atoms with Crippen LogP contribution in [-0.2, 0) is 0 Å². The van der Waals surface area contributed by atoms with Crippen molar-refractivity contribution < 1.29 is 5.11 Å². The lowest BCUT2D eigenvalue weighted by Gasteiger charge is -2.23. The number of aliphatic hydroxyl groups excluding tert-OH is 1. The van der Waals surface area contributed by atoms with Gasteiger partial charge in [-0.15, -0.1) is 0 Å². The van der Waals surface area contributed by atoms with Gasteiger partial charge in [-0.2, -0.15) is 0 Å². The molecule has 0 saturated heterocycles. The highest BCUT2D eigenvalue weighted by Crippen LogP contribution is 2.09. The predicted octanol–water partition coefficient (Wildman–Crippen LogP) is 1.01. The molecule has 1 aromatic carbocycles. The molecule has 0 aliphatic carbocycles. The summed E-state index contributed by atoms with van der Waals surface area (Å²) < 4.78 is 0. The number of aliphatic hydroxyl groups is 1. The number of benzene rings is 1. The van der Waals surface area contributed by atoms with E-state index in [0.29, 0.717) is 6.54 Å². The van der Waals surface area contributed by atoms with Gasteiger partial charge in [0.1, 0.15) is 0 Å². The molecule has 72 valence electrons. The van der Waals surface area contributed by atoms with Gasteiger partial charge in [0.15, 0.2) is 0 Å². The zero-order valence-electron chi connectivity index (χ0n) is 7.90. The fraction of sp³-hybridized carbons (Fsp3) is 0.400. The third kappa shape index (κ3) is 3.05. The smallest absolute Gasteiger partial charge is 0.0622 e. The van der Waals surface area contributed by atoms with Gasteiger partial charge < -0.3 is 10.1 Å². The van der Waals surface area contributed by atoms with Crippen LogP contribution in [-0.4, -0.2) is 24.8 Å². The molecule has 0 aliphatic rings. The molecule has 0 radical (unpaired) electrons. The van der Waals surface area contributed by atoms with Crippen LogP contribution in [0.25, 0.3) is 0 Å². The Labute approximate surface area is 79.0 Å². The summed E-state index contributed by atoms with van der Waals surface area (Å²) in [6.45, 7) is 3.65. The molecular weight excluding hydrogens is 164 g/mol. The van der Waals surface area contributed by atoms with E-state index in [1.807, 2.05) is 42.3 Å². The van der Waals surface area contributed by atoms with E-state index in [9.17, 15) is 0 Å². The fourth-order valence-corrected chi connectivity index (χ4v) is 1.20. The quantitative estimate of drug-likeness (QED) is 0.664. The fourth-order valence-electron chi connectivity index (χ4n) is 1.20. The first-order chi connectivity index (χ1) is 6.38. The zero-order valence-corrected chi connectivity index (χ0v) is 7.90. The predicted molar refractivity (Wildman–Crippen MR) is 54.6 cm³/mol. The van der Waals surface area contributed by atoms with Gasteiger partial charge in [0.2, 0.25) is 0 Å². The molecule has 3 heteroatoms. The Hall–Kier alpha value is -1.06. The van der Waals surface area contributed by atoms with Crippen molar-refractivity contribution in [2.45, 2.75) is 6.92 Å². The van der Waals surface area contributed by atoms with E-state index >= 15 is 0 Å². The number of rotatable bonds is 5. The minimum atomic E-state index is 0.155. The van der Waals surface area contributed by atoms with Gasteiger partial charge in [0.25, 0.3) is 0 Å². The molecule has 0 bridgehead atoms. The van der Waals surface area contributed by atoms with Gasteiger partial charge in [-0.25, -0.2) is 5.43 Å². The van der Waals surface area contributed by atoms with Crippen LogP contribution in [0, 0.1) is 0 Å². The van der Waals surface area contributed by atoms with Crippen LogP contribution < -0.4 is 10.4 Å². The number of hydrazine groups is 1. The molecule has 0 aromatic heterocycles. The lowest BCUT2D eigenvalue weighted by Crippen LogP contribution is -2.39. The molecule has 0 aliphatic heterocycles. The van der Waals surface area contributed by atoms with Gasteiger partial charge in [0, 0.05) is 6.54 Å². The molecule has 13 heavy (non-hydrogen) atoms. The molecule has 0 saturated carbocycles. The average Bonchev–Trinajstić information content (AvgIpc) is 2.19. The summed E-state index contributed by atoms with van der Waals surface area (Å²) in [5.41, 5.74) is 4.26. The first-order valence-corrected chi connectivity index (χ1v) is 4.55. The largest absolute Gasteiger partial charge is 0.394 e.